The van der Waals surface area contributed by atoms with Crippen molar-refractivity contribution in [3.8, 4) is 11.5 Å². The molecule has 0 atom stereocenters. The number of furan rings is 1. The highest BCUT2D eigenvalue weighted by molar-refractivity contribution is 6.02. The van der Waals surface area contributed by atoms with Crippen molar-refractivity contribution in [1.29, 1.82) is 0 Å². The standard InChI is InChI=1S/C21H20N2O6/c1-12-15-6-4-5-7-16(15)29-20(12)21(26)23-22-13(2)14-8-9-17(18(10-14)27-3)28-11-19(24)25/h4-10H,11H2,1-3H3,(H,23,26)(H,24,25)/b22-13-. The van der Waals surface area contributed by atoms with Crippen LogP contribution in [-0.2, 0) is 4.79 Å². The van der Waals surface area contributed by atoms with Gasteiger partial charge in [0.05, 0.1) is 12.8 Å². The molecule has 1 amide bonds. The van der Waals surface area contributed by atoms with Crippen molar-refractivity contribution in [2.24, 2.45) is 5.10 Å². The van der Waals surface area contributed by atoms with E-state index in [1.54, 1.807) is 31.2 Å². The molecule has 0 aliphatic carbocycles. The Bertz CT molecular complexity index is 1100. The predicted molar refractivity (Wildman–Crippen MR) is 107 cm³/mol. The number of carboxylic acids is 1. The summed E-state index contributed by atoms with van der Waals surface area (Å²) in [5.74, 6) is -0.673. The van der Waals surface area contributed by atoms with Gasteiger partial charge in [-0.2, -0.15) is 5.10 Å². The van der Waals surface area contributed by atoms with Gasteiger partial charge in [0.25, 0.3) is 0 Å². The summed E-state index contributed by atoms with van der Waals surface area (Å²) in [5.41, 5.74) is 5.07. The number of fused-ring (bicyclic) bond motifs is 1. The van der Waals surface area contributed by atoms with E-state index in [9.17, 15) is 9.59 Å². The minimum atomic E-state index is -1.09. The number of hydrogen-bond donors (Lipinski definition) is 2. The zero-order chi connectivity index (χ0) is 21.0. The highest BCUT2D eigenvalue weighted by atomic mass is 16.5. The van der Waals surface area contributed by atoms with Gasteiger partial charge in [-0.05, 0) is 38.1 Å². The van der Waals surface area contributed by atoms with Crippen LogP contribution in [0, 0.1) is 6.92 Å². The molecule has 0 fully saturated rings. The lowest BCUT2D eigenvalue weighted by Crippen LogP contribution is -2.19. The summed E-state index contributed by atoms with van der Waals surface area (Å²) in [7, 11) is 1.45. The van der Waals surface area contributed by atoms with E-state index in [1.807, 2.05) is 25.1 Å². The van der Waals surface area contributed by atoms with Gasteiger partial charge >= 0.3 is 11.9 Å². The molecular weight excluding hydrogens is 376 g/mol. The Labute approximate surface area is 166 Å². The third kappa shape index (κ3) is 4.37. The normalized spacial score (nSPS) is 11.3. The highest BCUT2D eigenvalue weighted by Crippen LogP contribution is 2.28. The second-order valence-corrected chi connectivity index (χ2v) is 6.24. The lowest BCUT2D eigenvalue weighted by molar-refractivity contribution is -0.139. The number of hydrogen-bond acceptors (Lipinski definition) is 6. The molecule has 0 unspecified atom stereocenters. The number of hydrazone groups is 1. The van der Waals surface area contributed by atoms with Crippen LogP contribution in [0.3, 0.4) is 0 Å². The Morgan fingerprint density at radius 3 is 2.62 bits per heavy atom. The molecule has 0 saturated heterocycles. The van der Waals surface area contributed by atoms with Crippen molar-refractivity contribution in [2.45, 2.75) is 13.8 Å². The highest BCUT2D eigenvalue weighted by Gasteiger charge is 2.17. The van der Waals surface area contributed by atoms with Crippen molar-refractivity contribution in [2.75, 3.05) is 13.7 Å². The lowest BCUT2D eigenvalue weighted by atomic mass is 10.1. The summed E-state index contributed by atoms with van der Waals surface area (Å²) in [6, 6.07) is 12.3. The molecular formula is C21H20N2O6. The molecule has 2 N–H and O–H groups in total. The summed E-state index contributed by atoms with van der Waals surface area (Å²) in [6.07, 6.45) is 0. The summed E-state index contributed by atoms with van der Waals surface area (Å²) in [4.78, 5) is 23.1. The van der Waals surface area contributed by atoms with Gasteiger partial charge in [-0.15, -0.1) is 0 Å². The first kappa shape index (κ1) is 19.9. The Morgan fingerprint density at radius 1 is 1.17 bits per heavy atom. The van der Waals surface area contributed by atoms with Gasteiger partial charge in [0.15, 0.2) is 23.9 Å². The van der Waals surface area contributed by atoms with E-state index in [0.29, 0.717) is 28.4 Å². The van der Waals surface area contributed by atoms with E-state index in [-0.39, 0.29) is 5.76 Å². The van der Waals surface area contributed by atoms with Crippen LogP contribution in [0.15, 0.2) is 52.0 Å². The molecule has 0 saturated carbocycles. The second-order valence-electron chi connectivity index (χ2n) is 6.24. The molecule has 3 rings (SSSR count). The number of ether oxygens (including phenoxy) is 2. The third-order valence-corrected chi connectivity index (χ3v) is 4.31. The van der Waals surface area contributed by atoms with Gasteiger partial charge in [-0.3, -0.25) is 4.79 Å². The molecule has 0 aliphatic rings. The molecule has 0 bridgehead atoms. The minimum absolute atomic E-state index is 0.206. The maximum atomic E-state index is 12.5. The molecule has 3 aromatic rings. The van der Waals surface area contributed by atoms with Crippen LogP contribution in [0.1, 0.15) is 28.6 Å². The van der Waals surface area contributed by atoms with Gasteiger partial charge in [-0.25, -0.2) is 10.2 Å². The number of carboxylic acid groups (broad SMARTS) is 1. The summed E-state index contributed by atoms with van der Waals surface area (Å²) in [5, 5.41) is 13.7. The molecule has 2 aromatic carbocycles. The maximum absolute atomic E-state index is 12.5. The number of nitrogens with one attached hydrogen (secondary N) is 1. The molecule has 1 heterocycles. The predicted octanol–water partition coefficient (Wildman–Crippen LogP) is 3.37. The SMILES string of the molecule is COc1cc(/C(C)=N\NC(=O)c2oc3ccccc3c2C)ccc1OCC(=O)O. The monoisotopic (exact) mass is 396 g/mol. The number of nitrogens with zero attached hydrogens (tertiary/aromatic N) is 1. The van der Waals surface area contributed by atoms with E-state index in [4.69, 9.17) is 19.0 Å². The Morgan fingerprint density at radius 2 is 1.93 bits per heavy atom. The second kappa shape index (κ2) is 8.47. The average molecular weight is 396 g/mol. The number of benzene rings is 2. The summed E-state index contributed by atoms with van der Waals surface area (Å²) < 4.78 is 16.0. The number of amides is 1. The number of para-hydroxylation sites is 1. The van der Waals surface area contributed by atoms with Gasteiger partial charge in [0, 0.05) is 16.5 Å². The van der Waals surface area contributed by atoms with Gasteiger partial charge < -0.3 is 19.0 Å². The van der Waals surface area contributed by atoms with Crippen LogP contribution in [0.4, 0.5) is 0 Å². The third-order valence-electron chi connectivity index (χ3n) is 4.31. The van der Waals surface area contributed by atoms with E-state index in [0.717, 1.165) is 10.9 Å². The van der Waals surface area contributed by atoms with Crippen LogP contribution < -0.4 is 14.9 Å². The zero-order valence-electron chi connectivity index (χ0n) is 16.2. The number of carbonyl (C=O) groups is 2. The number of aryl methyl sites for hydroxylation is 1. The average Bonchev–Trinajstić information content (AvgIpc) is 3.07. The van der Waals surface area contributed by atoms with Crippen molar-refractivity contribution < 1.29 is 28.6 Å². The molecule has 0 aliphatic heterocycles. The summed E-state index contributed by atoms with van der Waals surface area (Å²) in [6.45, 7) is 3.06. The van der Waals surface area contributed by atoms with Gasteiger partial charge in [0.2, 0.25) is 0 Å². The first-order valence-corrected chi connectivity index (χ1v) is 8.76. The molecule has 1 aromatic heterocycles. The molecule has 29 heavy (non-hydrogen) atoms. The van der Waals surface area contributed by atoms with Gasteiger partial charge in [-0.1, -0.05) is 18.2 Å². The van der Waals surface area contributed by atoms with Crippen LogP contribution in [0.25, 0.3) is 11.0 Å². The van der Waals surface area contributed by atoms with Gasteiger partial charge in [0.1, 0.15) is 5.58 Å². The Kier molecular flexibility index (Phi) is 5.82. The molecule has 8 heteroatoms. The maximum Gasteiger partial charge on any atom is 0.341 e. The Balaban J connectivity index is 1.77. The molecule has 0 radical (unpaired) electrons. The fourth-order valence-electron chi connectivity index (χ4n) is 2.79. The van der Waals surface area contributed by atoms with Crippen molar-refractivity contribution in [3.05, 3.63) is 59.4 Å². The van der Waals surface area contributed by atoms with Crippen molar-refractivity contribution in [1.82, 2.24) is 5.43 Å². The van der Waals surface area contributed by atoms with E-state index >= 15 is 0 Å². The summed E-state index contributed by atoms with van der Waals surface area (Å²) >= 11 is 0. The zero-order valence-corrected chi connectivity index (χ0v) is 16.2. The van der Waals surface area contributed by atoms with E-state index in [2.05, 4.69) is 10.5 Å². The van der Waals surface area contributed by atoms with Crippen LogP contribution in [-0.4, -0.2) is 36.4 Å². The topological polar surface area (TPSA) is 110 Å². The number of carbonyl (C=O) groups excluding carboxylic acids is 1. The fraction of sp³-hybridized carbons (Fsp3) is 0.190. The van der Waals surface area contributed by atoms with Crippen molar-refractivity contribution in [3.63, 3.8) is 0 Å². The number of rotatable bonds is 7. The Hall–Kier alpha value is -3.81. The van der Waals surface area contributed by atoms with Crippen molar-refractivity contribution >= 4 is 28.6 Å². The fourth-order valence-corrected chi connectivity index (χ4v) is 2.79. The number of methoxy groups -OCH3 is 1. The smallest absolute Gasteiger partial charge is 0.341 e. The minimum Gasteiger partial charge on any atom is -0.493 e. The first-order chi connectivity index (χ1) is 13.9. The van der Waals surface area contributed by atoms with Crippen LogP contribution in [0.2, 0.25) is 0 Å². The van der Waals surface area contributed by atoms with E-state index in [1.165, 1.54) is 7.11 Å². The molecule has 8 nitrogen and oxygen atoms in total. The molecule has 0 spiro atoms. The lowest BCUT2D eigenvalue weighted by Gasteiger charge is -2.11. The van der Waals surface area contributed by atoms with Crippen LogP contribution in [0.5, 0.6) is 11.5 Å². The van der Waals surface area contributed by atoms with E-state index < -0.39 is 18.5 Å². The molecule has 150 valence electrons. The van der Waals surface area contributed by atoms with Crippen LogP contribution >= 0.6 is 0 Å². The first-order valence-electron chi connectivity index (χ1n) is 8.76. The largest absolute Gasteiger partial charge is 0.493 e. The quantitative estimate of drug-likeness (QED) is 0.468. The number of aliphatic carboxylic acids is 1.